The Kier molecular flexibility index (Phi) is 3.48. The fourth-order valence-corrected chi connectivity index (χ4v) is 4.40. The predicted molar refractivity (Wildman–Crippen MR) is 91.8 cm³/mol. The van der Waals surface area contributed by atoms with Crippen LogP contribution in [0.1, 0.15) is 37.1 Å². The van der Waals surface area contributed by atoms with Gasteiger partial charge in [0.1, 0.15) is 0 Å². The molecular formula is C18H21FN6O. The molecule has 7 nitrogen and oxygen atoms in total. The van der Waals surface area contributed by atoms with Gasteiger partial charge in [0.2, 0.25) is 11.9 Å². The van der Waals surface area contributed by atoms with Crippen LogP contribution in [0.3, 0.4) is 0 Å². The van der Waals surface area contributed by atoms with E-state index in [1.54, 1.807) is 6.33 Å². The molecule has 1 saturated heterocycles. The second kappa shape index (κ2) is 5.75. The molecule has 1 N–H and O–H groups in total. The first kappa shape index (κ1) is 15.7. The van der Waals surface area contributed by atoms with Gasteiger partial charge in [-0.1, -0.05) is 0 Å². The molecule has 2 aromatic rings. The Morgan fingerprint density at radius 1 is 1.15 bits per heavy atom. The van der Waals surface area contributed by atoms with Gasteiger partial charge in [-0.05, 0) is 25.7 Å². The molecule has 4 heterocycles. The van der Waals surface area contributed by atoms with E-state index in [0.717, 1.165) is 50.0 Å². The zero-order valence-corrected chi connectivity index (χ0v) is 14.5. The number of nitrogens with one attached hydrogen (secondary N) is 1. The maximum Gasteiger partial charge on any atom is 0.226 e. The summed E-state index contributed by atoms with van der Waals surface area (Å²) in [6.07, 6.45) is 8.55. The first-order valence-corrected chi connectivity index (χ1v) is 9.24. The molecule has 2 aliphatic heterocycles. The van der Waals surface area contributed by atoms with E-state index in [-0.39, 0.29) is 17.4 Å². The van der Waals surface area contributed by atoms with Crippen LogP contribution in [0.2, 0.25) is 0 Å². The smallest absolute Gasteiger partial charge is 0.226 e. The molecule has 0 unspecified atom stereocenters. The summed E-state index contributed by atoms with van der Waals surface area (Å²) in [4.78, 5) is 33.2. The molecule has 136 valence electrons. The lowest BCUT2D eigenvalue weighted by Crippen LogP contribution is -2.59. The van der Waals surface area contributed by atoms with Crippen LogP contribution in [0.4, 0.5) is 10.3 Å². The summed E-state index contributed by atoms with van der Waals surface area (Å²) < 4.78 is 13.1. The zero-order valence-electron chi connectivity index (χ0n) is 14.5. The number of carbonyl (C=O) groups is 1. The molecule has 26 heavy (non-hydrogen) atoms. The van der Waals surface area contributed by atoms with Gasteiger partial charge in [0.15, 0.2) is 5.82 Å². The Hall–Kier alpha value is -2.51. The number of H-pyrrole nitrogens is 1. The summed E-state index contributed by atoms with van der Waals surface area (Å²) in [5, 5.41) is 0. The van der Waals surface area contributed by atoms with Crippen molar-refractivity contribution in [3.8, 4) is 0 Å². The number of rotatable bonds is 2. The number of imidazole rings is 1. The number of piperidine rings is 1. The highest BCUT2D eigenvalue weighted by atomic mass is 19.1. The average Bonchev–Trinajstić information content (AvgIpc) is 3.40. The molecule has 0 bridgehead atoms. The van der Waals surface area contributed by atoms with Crippen molar-refractivity contribution in [2.24, 2.45) is 5.92 Å². The molecule has 2 aromatic heterocycles. The Bertz CT molecular complexity index is 822. The molecule has 1 spiro atoms. The molecule has 3 aliphatic rings. The monoisotopic (exact) mass is 356 g/mol. The number of carbonyl (C=O) groups excluding carboxylic acids is 1. The SMILES string of the molecule is O=C(C1CC1)N1CCc2[nH]cnc2C12CCN(c1ncc(F)cn1)CC2. The van der Waals surface area contributed by atoms with Crippen LogP contribution in [-0.2, 0) is 16.8 Å². The van der Waals surface area contributed by atoms with Gasteiger partial charge in [0.25, 0.3) is 0 Å². The topological polar surface area (TPSA) is 78.0 Å². The molecule has 2 fully saturated rings. The van der Waals surface area contributed by atoms with Gasteiger partial charge in [-0.25, -0.2) is 19.3 Å². The van der Waals surface area contributed by atoms with Crippen molar-refractivity contribution in [1.82, 2.24) is 24.8 Å². The van der Waals surface area contributed by atoms with Crippen LogP contribution in [0.15, 0.2) is 18.7 Å². The maximum atomic E-state index is 13.1. The number of aromatic amines is 1. The summed E-state index contributed by atoms with van der Waals surface area (Å²) in [5.41, 5.74) is 1.83. The second-order valence-electron chi connectivity index (χ2n) is 7.46. The van der Waals surface area contributed by atoms with Crippen molar-refractivity contribution in [2.75, 3.05) is 24.5 Å². The van der Waals surface area contributed by atoms with Crippen molar-refractivity contribution in [3.05, 3.63) is 35.9 Å². The number of amides is 1. The van der Waals surface area contributed by atoms with Crippen molar-refractivity contribution in [2.45, 2.75) is 37.6 Å². The van der Waals surface area contributed by atoms with Gasteiger partial charge in [-0.15, -0.1) is 0 Å². The van der Waals surface area contributed by atoms with Crippen LogP contribution in [0.5, 0.6) is 0 Å². The lowest BCUT2D eigenvalue weighted by molar-refractivity contribution is -0.142. The van der Waals surface area contributed by atoms with Gasteiger partial charge in [0.05, 0.1) is 30.0 Å². The number of fused-ring (bicyclic) bond motifs is 2. The van der Waals surface area contributed by atoms with E-state index in [2.05, 4.69) is 29.7 Å². The molecule has 0 atom stereocenters. The lowest BCUT2D eigenvalue weighted by Gasteiger charge is -2.50. The van der Waals surface area contributed by atoms with Crippen molar-refractivity contribution in [1.29, 1.82) is 0 Å². The third-order valence-corrected chi connectivity index (χ3v) is 5.93. The van der Waals surface area contributed by atoms with Crippen LogP contribution < -0.4 is 4.90 Å². The van der Waals surface area contributed by atoms with Crippen molar-refractivity contribution >= 4 is 11.9 Å². The molecular weight excluding hydrogens is 335 g/mol. The lowest BCUT2D eigenvalue weighted by atomic mass is 9.78. The minimum atomic E-state index is -0.433. The zero-order chi connectivity index (χ0) is 17.7. The van der Waals surface area contributed by atoms with E-state index in [1.807, 2.05) is 0 Å². The predicted octanol–water partition coefficient (Wildman–Crippen LogP) is 1.63. The molecule has 8 heteroatoms. The van der Waals surface area contributed by atoms with Crippen LogP contribution >= 0.6 is 0 Å². The fourth-order valence-electron chi connectivity index (χ4n) is 4.40. The number of anilines is 1. The van der Waals surface area contributed by atoms with Crippen molar-refractivity contribution < 1.29 is 9.18 Å². The van der Waals surface area contributed by atoms with Gasteiger partial charge in [-0.2, -0.15) is 0 Å². The minimum Gasteiger partial charge on any atom is -0.348 e. The third-order valence-electron chi connectivity index (χ3n) is 5.93. The fraction of sp³-hybridized carbons (Fsp3) is 0.556. The van der Waals surface area contributed by atoms with E-state index in [1.165, 1.54) is 12.4 Å². The largest absolute Gasteiger partial charge is 0.348 e. The van der Waals surface area contributed by atoms with Gasteiger partial charge in [-0.3, -0.25) is 4.79 Å². The van der Waals surface area contributed by atoms with Crippen LogP contribution in [-0.4, -0.2) is 50.4 Å². The second-order valence-corrected chi connectivity index (χ2v) is 7.46. The van der Waals surface area contributed by atoms with E-state index in [4.69, 9.17) is 0 Å². The molecule has 1 saturated carbocycles. The van der Waals surface area contributed by atoms with Crippen molar-refractivity contribution in [3.63, 3.8) is 0 Å². The Labute approximate surface area is 150 Å². The number of hydrogen-bond donors (Lipinski definition) is 1. The highest BCUT2D eigenvalue weighted by Gasteiger charge is 2.51. The van der Waals surface area contributed by atoms with E-state index < -0.39 is 5.82 Å². The minimum absolute atomic E-state index is 0.200. The Morgan fingerprint density at radius 2 is 1.88 bits per heavy atom. The third kappa shape index (κ3) is 2.39. The van der Waals surface area contributed by atoms with Gasteiger partial charge < -0.3 is 14.8 Å². The highest BCUT2D eigenvalue weighted by Crippen LogP contribution is 2.45. The summed E-state index contributed by atoms with van der Waals surface area (Å²) in [6, 6.07) is 0. The van der Waals surface area contributed by atoms with Gasteiger partial charge >= 0.3 is 0 Å². The molecule has 5 rings (SSSR count). The van der Waals surface area contributed by atoms with Crippen LogP contribution in [0.25, 0.3) is 0 Å². The number of nitrogens with zero attached hydrogens (tertiary/aromatic N) is 5. The molecule has 0 radical (unpaired) electrons. The standard InChI is InChI=1S/C18H21FN6O/c19-13-9-20-17(21-10-13)24-7-4-18(5-8-24)15-14(22-11-23-15)3-6-25(18)16(26)12-1-2-12/h9-12H,1-8H2,(H,22,23). The van der Waals surface area contributed by atoms with Crippen LogP contribution in [0, 0.1) is 11.7 Å². The summed E-state index contributed by atoms with van der Waals surface area (Å²) in [6.45, 7) is 2.18. The quantitative estimate of drug-likeness (QED) is 0.885. The molecule has 0 aromatic carbocycles. The molecule has 1 aliphatic carbocycles. The summed E-state index contributed by atoms with van der Waals surface area (Å²) >= 11 is 0. The Morgan fingerprint density at radius 3 is 2.58 bits per heavy atom. The maximum absolute atomic E-state index is 13.1. The van der Waals surface area contributed by atoms with E-state index in [9.17, 15) is 9.18 Å². The first-order chi connectivity index (χ1) is 12.7. The number of hydrogen-bond acceptors (Lipinski definition) is 5. The normalized spacial score (nSPS) is 21.7. The summed E-state index contributed by atoms with van der Waals surface area (Å²) in [5.74, 6) is 0.590. The first-order valence-electron chi connectivity index (χ1n) is 9.24. The Balaban J connectivity index is 1.44. The van der Waals surface area contributed by atoms with E-state index in [0.29, 0.717) is 19.0 Å². The number of halogens is 1. The highest BCUT2D eigenvalue weighted by molar-refractivity contribution is 5.82. The summed E-state index contributed by atoms with van der Waals surface area (Å²) in [7, 11) is 0. The average molecular weight is 356 g/mol. The van der Waals surface area contributed by atoms with E-state index >= 15 is 0 Å². The van der Waals surface area contributed by atoms with Gasteiger partial charge in [0, 0.05) is 37.7 Å². The molecule has 1 amide bonds. The number of aromatic nitrogens is 4.